The van der Waals surface area contributed by atoms with E-state index in [4.69, 9.17) is 0 Å². The van der Waals surface area contributed by atoms with Crippen molar-refractivity contribution in [3.8, 4) is 0 Å². The molecule has 1 aromatic rings. The molecule has 0 radical (unpaired) electrons. The van der Waals surface area contributed by atoms with Crippen LogP contribution < -0.4 is 11.2 Å². The summed E-state index contributed by atoms with van der Waals surface area (Å²) in [5.74, 6) is 1.50. The molecule has 1 atom stereocenters. The van der Waals surface area contributed by atoms with Crippen molar-refractivity contribution in [3.63, 3.8) is 0 Å². The molecule has 0 aromatic carbocycles. The van der Waals surface area contributed by atoms with Gasteiger partial charge in [-0.05, 0) is 51.1 Å². The van der Waals surface area contributed by atoms with Crippen LogP contribution in [0.2, 0.25) is 0 Å². The van der Waals surface area contributed by atoms with E-state index in [2.05, 4.69) is 33.6 Å². The van der Waals surface area contributed by atoms with E-state index in [9.17, 15) is 9.59 Å². The molecule has 0 amide bonds. The van der Waals surface area contributed by atoms with E-state index in [0.717, 1.165) is 32.0 Å². The summed E-state index contributed by atoms with van der Waals surface area (Å²) in [7, 11) is 0. The van der Waals surface area contributed by atoms with Crippen LogP contribution >= 0.6 is 0 Å². The molecule has 0 bridgehead atoms. The number of nitrogens with zero attached hydrogens (tertiary/aromatic N) is 2. The quantitative estimate of drug-likeness (QED) is 0.852. The van der Waals surface area contributed by atoms with Gasteiger partial charge in [0.1, 0.15) is 0 Å². The molecular formula is C18H30N4O2. The molecule has 1 saturated carbocycles. The fourth-order valence-electron chi connectivity index (χ4n) is 3.81. The number of aromatic nitrogens is 2. The molecular weight excluding hydrogens is 304 g/mol. The molecule has 1 aromatic heterocycles. The molecule has 3 rings (SSSR count). The van der Waals surface area contributed by atoms with Crippen molar-refractivity contribution in [1.29, 1.82) is 0 Å². The SMILES string of the molecule is Cc1[nH]c(=O)[nH]c(=O)c1CN1CCCN(CC2CC2)[C@H](C(C)C)C1. The highest BCUT2D eigenvalue weighted by Gasteiger charge is 2.32. The van der Waals surface area contributed by atoms with Gasteiger partial charge >= 0.3 is 5.69 Å². The van der Waals surface area contributed by atoms with Gasteiger partial charge in [0.05, 0.1) is 5.56 Å². The molecule has 1 aliphatic carbocycles. The minimum Gasteiger partial charge on any atom is -0.311 e. The minimum absolute atomic E-state index is 0.253. The fourth-order valence-corrected chi connectivity index (χ4v) is 3.81. The summed E-state index contributed by atoms with van der Waals surface area (Å²) in [5.41, 5.74) is 0.695. The molecule has 2 N–H and O–H groups in total. The van der Waals surface area contributed by atoms with Gasteiger partial charge in [-0.3, -0.25) is 19.6 Å². The summed E-state index contributed by atoms with van der Waals surface area (Å²) < 4.78 is 0. The van der Waals surface area contributed by atoms with Crippen molar-refractivity contribution in [3.05, 3.63) is 32.1 Å². The highest BCUT2D eigenvalue weighted by Crippen LogP contribution is 2.32. The van der Waals surface area contributed by atoms with Gasteiger partial charge in [0.15, 0.2) is 0 Å². The van der Waals surface area contributed by atoms with Crippen molar-refractivity contribution in [2.45, 2.75) is 52.6 Å². The van der Waals surface area contributed by atoms with Crippen molar-refractivity contribution in [1.82, 2.24) is 19.8 Å². The molecule has 134 valence electrons. The molecule has 0 spiro atoms. The predicted octanol–water partition coefficient (Wildman–Crippen LogP) is 1.31. The van der Waals surface area contributed by atoms with E-state index >= 15 is 0 Å². The van der Waals surface area contributed by atoms with E-state index < -0.39 is 5.69 Å². The Labute approximate surface area is 143 Å². The first kappa shape index (κ1) is 17.4. The maximum absolute atomic E-state index is 12.1. The van der Waals surface area contributed by atoms with Crippen LogP contribution in [0.5, 0.6) is 0 Å². The lowest BCUT2D eigenvalue weighted by Gasteiger charge is -2.34. The molecule has 0 unspecified atom stereocenters. The van der Waals surface area contributed by atoms with Crippen molar-refractivity contribution < 1.29 is 0 Å². The van der Waals surface area contributed by atoms with Gasteiger partial charge in [-0.1, -0.05) is 13.8 Å². The highest BCUT2D eigenvalue weighted by atomic mass is 16.2. The van der Waals surface area contributed by atoms with Crippen LogP contribution in [-0.4, -0.2) is 52.0 Å². The maximum atomic E-state index is 12.1. The molecule has 6 nitrogen and oxygen atoms in total. The van der Waals surface area contributed by atoms with Gasteiger partial charge in [-0.2, -0.15) is 0 Å². The van der Waals surface area contributed by atoms with Crippen LogP contribution in [0, 0.1) is 18.8 Å². The smallest absolute Gasteiger partial charge is 0.311 e. The van der Waals surface area contributed by atoms with Gasteiger partial charge in [-0.25, -0.2) is 4.79 Å². The number of nitrogens with one attached hydrogen (secondary N) is 2. The third kappa shape index (κ3) is 4.16. The standard InChI is InChI=1S/C18H30N4O2/c1-12(2)16-11-21(7-4-8-22(16)9-14-5-6-14)10-15-13(3)19-18(24)20-17(15)23/h12,14,16H,4-11H2,1-3H3,(H2,19,20,23,24)/t16-/m0/s1. The zero-order valence-electron chi connectivity index (χ0n) is 15.1. The predicted molar refractivity (Wildman–Crippen MR) is 95.2 cm³/mol. The van der Waals surface area contributed by atoms with Crippen molar-refractivity contribution in [2.24, 2.45) is 11.8 Å². The Hall–Kier alpha value is -1.40. The average molecular weight is 334 g/mol. The first-order valence-corrected chi connectivity index (χ1v) is 9.22. The second-order valence-corrected chi connectivity index (χ2v) is 7.85. The van der Waals surface area contributed by atoms with Crippen LogP contribution in [0.25, 0.3) is 0 Å². The first-order valence-electron chi connectivity index (χ1n) is 9.22. The maximum Gasteiger partial charge on any atom is 0.325 e. The van der Waals surface area contributed by atoms with Crippen LogP contribution in [0.4, 0.5) is 0 Å². The van der Waals surface area contributed by atoms with Crippen LogP contribution in [0.1, 0.15) is 44.4 Å². The summed E-state index contributed by atoms with van der Waals surface area (Å²) in [6.45, 7) is 11.4. The Morgan fingerprint density at radius 1 is 1.17 bits per heavy atom. The van der Waals surface area contributed by atoms with E-state index in [1.54, 1.807) is 0 Å². The number of rotatable bonds is 5. The summed E-state index contributed by atoms with van der Waals surface area (Å²) in [6.07, 6.45) is 3.91. The Morgan fingerprint density at radius 3 is 2.54 bits per heavy atom. The lowest BCUT2D eigenvalue weighted by molar-refractivity contribution is 0.131. The summed E-state index contributed by atoms with van der Waals surface area (Å²) in [6, 6.07) is 0.537. The van der Waals surface area contributed by atoms with Gasteiger partial charge < -0.3 is 4.98 Å². The molecule has 2 fully saturated rings. The minimum atomic E-state index is -0.423. The molecule has 1 aliphatic heterocycles. The van der Waals surface area contributed by atoms with E-state index in [-0.39, 0.29) is 5.56 Å². The largest absolute Gasteiger partial charge is 0.325 e. The lowest BCUT2D eigenvalue weighted by atomic mass is 10.0. The Balaban J connectivity index is 1.74. The van der Waals surface area contributed by atoms with Gasteiger partial charge in [0.2, 0.25) is 0 Å². The molecule has 2 heterocycles. The second kappa shape index (κ2) is 7.23. The van der Waals surface area contributed by atoms with Gasteiger partial charge in [0, 0.05) is 31.4 Å². The molecule has 2 aliphatic rings. The number of hydrogen-bond donors (Lipinski definition) is 2. The second-order valence-electron chi connectivity index (χ2n) is 7.85. The van der Waals surface area contributed by atoms with Crippen LogP contribution in [0.15, 0.2) is 9.59 Å². The zero-order valence-corrected chi connectivity index (χ0v) is 15.1. The zero-order chi connectivity index (χ0) is 17.3. The monoisotopic (exact) mass is 334 g/mol. The van der Waals surface area contributed by atoms with Gasteiger partial charge in [-0.15, -0.1) is 0 Å². The van der Waals surface area contributed by atoms with E-state index in [0.29, 0.717) is 29.8 Å². The van der Waals surface area contributed by atoms with Crippen molar-refractivity contribution in [2.75, 3.05) is 26.2 Å². The van der Waals surface area contributed by atoms with Gasteiger partial charge in [0.25, 0.3) is 5.56 Å². The average Bonchev–Trinajstić information content (AvgIpc) is 3.31. The molecule has 6 heteroatoms. The third-order valence-corrected chi connectivity index (χ3v) is 5.43. The van der Waals surface area contributed by atoms with Crippen LogP contribution in [0.3, 0.4) is 0 Å². The number of H-pyrrole nitrogens is 2. The van der Waals surface area contributed by atoms with Crippen LogP contribution in [-0.2, 0) is 6.54 Å². The van der Waals surface area contributed by atoms with E-state index in [1.807, 2.05) is 6.92 Å². The Kier molecular flexibility index (Phi) is 5.25. The molecule has 24 heavy (non-hydrogen) atoms. The summed E-state index contributed by atoms with van der Waals surface area (Å²) in [4.78, 5) is 33.6. The van der Waals surface area contributed by atoms with Crippen molar-refractivity contribution >= 4 is 0 Å². The normalized spacial score (nSPS) is 23.6. The highest BCUT2D eigenvalue weighted by molar-refractivity contribution is 5.14. The number of hydrogen-bond acceptors (Lipinski definition) is 4. The Morgan fingerprint density at radius 2 is 1.92 bits per heavy atom. The Bertz CT molecular complexity index is 674. The topological polar surface area (TPSA) is 72.2 Å². The lowest BCUT2D eigenvalue weighted by Crippen LogP contribution is -2.45. The molecule has 1 saturated heterocycles. The first-order chi connectivity index (χ1) is 11.4. The summed E-state index contributed by atoms with van der Waals surface area (Å²) >= 11 is 0. The summed E-state index contributed by atoms with van der Waals surface area (Å²) in [5, 5.41) is 0. The number of aryl methyl sites for hydroxylation is 1. The third-order valence-electron chi connectivity index (χ3n) is 5.43. The number of aromatic amines is 2. The van der Waals surface area contributed by atoms with E-state index in [1.165, 1.54) is 19.4 Å². The fraction of sp³-hybridized carbons (Fsp3) is 0.778.